The van der Waals surface area contributed by atoms with E-state index in [1.165, 1.54) is 15.6 Å². The predicted molar refractivity (Wildman–Crippen MR) is 91.0 cm³/mol. The molecule has 0 aliphatic rings. The maximum atomic E-state index is 12.7. The molecular formula is C14H17BrN2O2S2. The number of aryl methyl sites for hydroxylation is 1. The summed E-state index contributed by atoms with van der Waals surface area (Å²) < 4.78 is 27.9. The third kappa shape index (κ3) is 3.31. The summed E-state index contributed by atoms with van der Waals surface area (Å²) in [4.78, 5) is 0. The summed E-state index contributed by atoms with van der Waals surface area (Å²) in [5, 5.41) is 0. The van der Waals surface area contributed by atoms with E-state index in [0.29, 0.717) is 9.90 Å². The van der Waals surface area contributed by atoms with Crippen LogP contribution in [0.2, 0.25) is 0 Å². The van der Waals surface area contributed by atoms with Gasteiger partial charge in [-0.25, -0.2) is 8.42 Å². The van der Waals surface area contributed by atoms with Gasteiger partial charge in [0.1, 0.15) is 4.21 Å². The van der Waals surface area contributed by atoms with Crippen molar-refractivity contribution in [2.24, 2.45) is 0 Å². The van der Waals surface area contributed by atoms with E-state index in [9.17, 15) is 8.42 Å². The lowest BCUT2D eigenvalue weighted by Gasteiger charge is -2.24. The quantitative estimate of drug-likeness (QED) is 0.810. The van der Waals surface area contributed by atoms with Crippen LogP contribution >= 0.6 is 27.3 Å². The number of nitrogens with zero attached hydrogens (tertiary/aromatic N) is 1. The average molecular weight is 389 g/mol. The van der Waals surface area contributed by atoms with Gasteiger partial charge in [-0.15, -0.1) is 11.3 Å². The molecule has 0 fully saturated rings. The van der Waals surface area contributed by atoms with Gasteiger partial charge in [-0.05, 0) is 59.1 Å². The third-order valence-corrected chi connectivity index (χ3v) is 7.92. The highest BCUT2D eigenvalue weighted by Crippen LogP contribution is 2.34. The van der Waals surface area contributed by atoms with Crippen molar-refractivity contribution in [2.45, 2.75) is 24.1 Å². The van der Waals surface area contributed by atoms with Crippen molar-refractivity contribution in [1.82, 2.24) is 4.31 Å². The minimum absolute atomic E-state index is 0.292. The molecule has 2 rings (SSSR count). The number of nitrogens with two attached hydrogens (primary N) is 1. The molecule has 7 heteroatoms. The Morgan fingerprint density at radius 3 is 2.52 bits per heavy atom. The summed E-state index contributed by atoms with van der Waals surface area (Å²) in [6.45, 7) is 3.72. The molecule has 0 saturated carbocycles. The Morgan fingerprint density at radius 1 is 1.33 bits per heavy atom. The van der Waals surface area contributed by atoms with Crippen LogP contribution in [0.5, 0.6) is 0 Å². The van der Waals surface area contributed by atoms with Crippen molar-refractivity contribution < 1.29 is 8.42 Å². The Hall–Kier alpha value is -0.890. The number of rotatable bonds is 4. The summed E-state index contributed by atoms with van der Waals surface area (Å²) in [5.41, 5.74) is 8.18. The maximum Gasteiger partial charge on any atom is 0.252 e. The molecule has 0 radical (unpaired) electrons. The SMILES string of the molecule is Cc1cc(S(=O)(=O)N(C)C(C)c2cccc(N)c2)sc1Br. The summed E-state index contributed by atoms with van der Waals surface area (Å²) >= 11 is 4.60. The van der Waals surface area contributed by atoms with Crippen LogP contribution in [-0.2, 0) is 10.0 Å². The van der Waals surface area contributed by atoms with E-state index in [1.807, 2.05) is 26.0 Å². The van der Waals surface area contributed by atoms with Crippen LogP contribution in [-0.4, -0.2) is 19.8 Å². The van der Waals surface area contributed by atoms with Crippen LogP contribution in [0.3, 0.4) is 0 Å². The molecule has 114 valence electrons. The fourth-order valence-corrected chi connectivity index (χ4v) is 5.70. The molecule has 1 heterocycles. The van der Waals surface area contributed by atoms with Crippen LogP contribution in [0.1, 0.15) is 24.1 Å². The van der Waals surface area contributed by atoms with Gasteiger partial charge in [0.25, 0.3) is 10.0 Å². The van der Waals surface area contributed by atoms with Crippen LogP contribution in [0, 0.1) is 6.92 Å². The summed E-state index contributed by atoms with van der Waals surface area (Å²) in [6.07, 6.45) is 0. The molecule has 1 aromatic heterocycles. The Bertz CT molecular complexity index is 737. The lowest BCUT2D eigenvalue weighted by Crippen LogP contribution is -2.29. The molecule has 1 atom stereocenters. The van der Waals surface area contributed by atoms with Crippen molar-refractivity contribution >= 4 is 43.0 Å². The number of thiophene rings is 1. The van der Waals surface area contributed by atoms with E-state index in [2.05, 4.69) is 15.9 Å². The second kappa shape index (κ2) is 6.08. The Balaban J connectivity index is 2.36. The molecule has 0 saturated heterocycles. The van der Waals surface area contributed by atoms with Gasteiger partial charge in [0.15, 0.2) is 0 Å². The molecule has 0 bridgehead atoms. The smallest absolute Gasteiger partial charge is 0.252 e. The molecule has 21 heavy (non-hydrogen) atoms. The number of anilines is 1. The first-order valence-corrected chi connectivity index (χ1v) is 9.38. The molecule has 0 amide bonds. The highest BCUT2D eigenvalue weighted by Gasteiger charge is 2.28. The fourth-order valence-electron chi connectivity index (χ4n) is 1.94. The second-order valence-corrected chi connectivity index (χ2v) is 9.48. The largest absolute Gasteiger partial charge is 0.399 e. The normalized spacial score (nSPS) is 13.6. The van der Waals surface area contributed by atoms with Crippen molar-refractivity contribution in [1.29, 1.82) is 0 Å². The summed E-state index contributed by atoms with van der Waals surface area (Å²) in [5.74, 6) is 0. The Kier molecular flexibility index (Phi) is 4.77. The minimum atomic E-state index is -3.52. The predicted octanol–water partition coefficient (Wildman–Crippen LogP) is 3.78. The molecule has 1 aromatic carbocycles. The Morgan fingerprint density at radius 2 is 2.00 bits per heavy atom. The van der Waals surface area contributed by atoms with Crippen molar-refractivity contribution in [2.75, 3.05) is 12.8 Å². The first-order chi connectivity index (χ1) is 9.73. The summed E-state index contributed by atoms with van der Waals surface area (Å²) in [7, 11) is -1.93. The lowest BCUT2D eigenvalue weighted by molar-refractivity contribution is 0.399. The zero-order valence-electron chi connectivity index (χ0n) is 12.0. The number of hydrogen-bond donors (Lipinski definition) is 1. The number of nitrogen functional groups attached to an aromatic ring is 1. The fraction of sp³-hybridized carbons (Fsp3) is 0.286. The van der Waals surface area contributed by atoms with Gasteiger partial charge >= 0.3 is 0 Å². The van der Waals surface area contributed by atoms with Gasteiger partial charge in [-0.1, -0.05) is 12.1 Å². The van der Waals surface area contributed by atoms with Crippen LogP contribution in [0.25, 0.3) is 0 Å². The third-order valence-electron chi connectivity index (χ3n) is 3.41. The zero-order valence-corrected chi connectivity index (χ0v) is 15.2. The van der Waals surface area contributed by atoms with Crippen LogP contribution in [0.15, 0.2) is 38.3 Å². The van der Waals surface area contributed by atoms with Crippen molar-refractivity contribution in [3.63, 3.8) is 0 Å². The van der Waals surface area contributed by atoms with E-state index >= 15 is 0 Å². The summed E-state index contributed by atoms with van der Waals surface area (Å²) in [6, 6.07) is 8.68. The molecule has 2 aromatic rings. The number of halogens is 1. The lowest BCUT2D eigenvalue weighted by atomic mass is 10.1. The number of benzene rings is 1. The van der Waals surface area contributed by atoms with E-state index in [4.69, 9.17) is 5.73 Å². The second-order valence-electron chi connectivity index (χ2n) is 4.89. The number of hydrogen-bond acceptors (Lipinski definition) is 4. The highest BCUT2D eigenvalue weighted by atomic mass is 79.9. The first-order valence-electron chi connectivity index (χ1n) is 6.33. The van der Waals surface area contributed by atoms with Gasteiger partial charge < -0.3 is 5.73 Å². The molecule has 0 aliphatic carbocycles. The van der Waals surface area contributed by atoms with Crippen molar-refractivity contribution in [3.05, 3.63) is 45.2 Å². The van der Waals surface area contributed by atoms with Gasteiger partial charge in [-0.3, -0.25) is 0 Å². The molecule has 2 N–H and O–H groups in total. The van der Waals surface area contributed by atoms with Crippen LogP contribution in [0.4, 0.5) is 5.69 Å². The topological polar surface area (TPSA) is 63.4 Å². The Labute approximate surface area is 137 Å². The van der Waals surface area contributed by atoms with Gasteiger partial charge in [0.2, 0.25) is 0 Å². The monoisotopic (exact) mass is 388 g/mol. The highest BCUT2D eigenvalue weighted by molar-refractivity contribution is 9.11. The van der Waals surface area contributed by atoms with Crippen molar-refractivity contribution in [3.8, 4) is 0 Å². The molecule has 0 aliphatic heterocycles. The van der Waals surface area contributed by atoms with E-state index in [-0.39, 0.29) is 6.04 Å². The first kappa shape index (κ1) is 16.5. The van der Waals surface area contributed by atoms with Crippen LogP contribution < -0.4 is 5.73 Å². The minimum Gasteiger partial charge on any atom is -0.399 e. The van der Waals surface area contributed by atoms with E-state index in [0.717, 1.165) is 14.9 Å². The molecule has 0 spiro atoms. The molecule has 4 nitrogen and oxygen atoms in total. The van der Waals surface area contributed by atoms with Gasteiger partial charge in [0.05, 0.1) is 3.79 Å². The zero-order chi connectivity index (χ0) is 15.8. The standard InChI is InChI=1S/C14H17BrN2O2S2/c1-9-7-13(20-14(9)15)21(18,19)17(3)10(2)11-5-4-6-12(16)8-11/h4-8,10H,16H2,1-3H3. The maximum absolute atomic E-state index is 12.7. The number of sulfonamides is 1. The van der Waals surface area contributed by atoms with Gasteiger partial charge in [0, 0.05) is 18.8 Å². The average Bonchev–Trinajstić information content (AvgIpc) is 2.77. The van der Waals surface area contributed by atoms with E-state index in [1.54, 1.807) is 25.2 Å². The van der Waals surface area contributed by atoms with Gasteiger partial charge in [-0.2, -0.15) is 4.31 Å². The van der Waals surface area contributed by atoms with E-state index < -0.39 is 10.0 Å². The molecule has 1 unspecified atom stereocenters. The molecular weight excluding hydrogens is 372 g/mol.